The SMILES string of the molecule is CCCCCCCCCC=CC=CC=CC=CC=CC(C)=C(C)C(=O)OCC. The van der Waals surface area contributed by atoms with Gasteiger partial charge in [0.2, 0.25) is 0 Å². The van der Waals surface area contributed by atoms with Crippen molar-refractivity contribution in [1.82, 2.24) is 0 Å². The number of rotatable bonds is 15. The van der Waals surface area contributed by atoms with E-state index in [9.17, 15) is 4.79 Å². The summed E-state index contributed by atoms with van der Waals surface area (Å²) in [5.74, 6) is -0.251. The zero-order valence-electron chi connectivity index (χ0n) is 18.5. The summed E-state index contributed by atoms with van der Waals surface area (Å²) in [5.41, 5.74) is 1.56. The summed E-state index contributed by atoms with van der Waals surface area (Å²) in [4.78, 5) is 11.6. The van der Waals surface area contributed by atoms with E-state index in [1.807, 2.05) is 56.4 Å². The first-order chi connectivity index (χ1) is 13.6. The number of esters is 1. The van der Waals surface area contributed by atoms with E-state index in [0.29, 0.717) is 12.2 Å². The lowest BCUT2D eigenvalue weighted by molar-refractivity contribution is -0.138. The minimum Gasteiger partial charge on any atom is -0.463 e. The maximum atomic E-state index is 11.6. The predicted octanol–water partition coefficient (Wildman–Crippen LogP) is 7.81. The minimum atomic E-state index is -0.251. The van der Waals surface area contributed by atoms with E-state index in [1.54, 1.807) is 6.92 Å². The van der Waals surface area contributed by atoms with Gasteiger partial charge in [0.15, 0.2) is 0 Å². The van der Waals surface area contributed by atoms with Crippen molar-refractivity contribution in [2.24, 2.45) is 0 Å². The van der Waals surface area contributed by atoms with Crippen LogP contribution in [0.1, 0.15) is 79.1 Å². The van der Waals surface area contributed by atoms with Crippen molar-refractivity contribution in [2.45, 2.75) is 79.1 Å². The van der Waals surface area contributed by atoms with Crippen molar-refractivity contribution in [3.8, 4) is 0 Å². The molecule has 0 fully saturated rings. The highest BCUT2D eigenvalue weighted by Crippen LogP contribution is 2.09. The van der Waals surface area contributed by atoms with Gasteiger partial charge in [0, 0.05) is 5.57 Å². The molecule has 0 amide bonds. The lowest BCUT2D eigenvalue weighted by atomic mass is 10.1. The van der Waals surface area contributed by atoms with E-state index in [0.717, 1.165) is 5.57 Å². The molecule has 0 saturated heterocycles. The van der Waals surface area contributed by atoms with Crippen LogP contribution in [0.25, 0.3) is 0 Å². The van der Waals surface area contributed by atoms with E-state index in [-0.39, 0.29) is 5.97 Å². The van der Waals surface area contributed by atoms with Crippen molar-refractivity contribution in [2.75, 3.05) is 6.61 Å². The molecule has 0 heterocycles. The molecule has 0 saturated carbocycles. The third-order valence-electron chi connectivity index (χ3n) is 4.41. The Morgan fingerprint density at radius 1 is 0.714 bits per heavy atom. The average Bonchev–Trinajstić information content (AvgIpc) is 2.69. The Morgan fingerprint density at radius 2 is 1.25 bits per heavy atom. The molecular formula is C26H40O2. The lowest BCUT2D eigenvalue weighted by Gasteiger charge is -2.03. The molecule has 0 bridgehead atoms. The minimum absolute atomic E-state index is 0.251. The monoisotopic (exact) mass is 384 g/mol. The summed E-state index contributed by atoms with van der Waals surface area (Å²) in [6.07, 6.45) is 30.9. The maximum absolute atomic E-state index is 11.6. The summed E-state index contributed by atoms with van der Waals surface area (Å²) in [6, 6.07) is 0. The Labute approximate surface area is 173 Å². The molecule has 0 aliphatic rings. The van der Waals surface area contributed by atoms with E-state index in [2.05, 4.69) is 25.2 Å². The fraction of sp³-hybridized carbons (Fsp3) is 0.500. The van der Waals surface area contributed by atoms with Crippen molar-refractivity contribution in [1.29, 1.82) is 0 Å². The van der Waals surface area contributed by atoms with Crippen molar-refractivity contribution < 1.29 is 9.53 Å². The van der Waals surface area contributed by atoms with Gasteiger partial charge in [-0.2, -0.15) is 0 Å². The maximum Gasteiger partial charge on any atom is 0.333 e. The smallest absolute Gasteiger partial charge is 0.333 e. The van der Waals surface area contributed by atoms with Gasteiger partial charge >= 0.3 is 5.97 Å². The topological polar surface area (TPSA) is 26.3 Å². The molecule has 0 rings (SSSR count). The number of allylic oxidation sites excluding steroid dienone is 11. The molecule has 0 spiro atoms. The molecule has 2 heteroatoms. The van der Waals surface area contributed by atoms with Crippen LogP contribution >= 0.6 is 0 Å². The Morgan fingerprint density at radius 3 is 1.86 bits per heavy atom. The van der Waals surface area contributed by atoms with E-state index < -0.39 is 0 Å². The second kappa shape index (κ2) is 19.7. The fourth-order valence-corrected chi connectivity index (χ4v) is 2.50. The van der Waals surface area contributed by atoms with Gasteiger partial charge in [0.25, 0.3) is 0 Å². The van der Waals surface area contributed by atoms with Gasteiger partial charge < -0.3 is 4.74 Å². The first-order valence-corrected chi connectivity index (χ1v) is 10.8. The summed E-state index contributed by atoms with van der Waals surface area (Å²) < 4.78 is 4.99. The molecule has 28 heavy (non-hydrogen) atoms. The zero-order chi connectivity index (χ0) is 20.9. The molecule has 2 nitrogen and oxygen atoms in total. The summed E-state index contributed by atoms with van der Waals surface area (Å²) in [7, 11) is 0. The van der Waals surface area contributed by atoms with Crippen LogP contribution in [0.2, 0.25) is 0 Å². The molecule has 156 valence electrons. The Hall–Kier alpha value is -2.09. The predicted molar refractivity (Wildman–Crippen MR) is 123 cm³/mol. The van der Waals surface area contributed by atoms with Gasteiger partial charge in [-0.05, 0) is 39.2 Å². The van der Waals surface area contributed by atoms with Crippen LogP contribution in [0.5, 0.6) is 0 Å². The molecule has 0 aromatic heterocycles. The third kappa shape index (κ3) is 16.1. The molecule has 0 aromatic rings. The summed E-state index contributed by atoms with van der Waals surface area (Å²) in [5, 5.41) is 0. The van der Waals surface area contributed by atoms with Crippen molar-refractivity contribution in [3.05, 3.63) is 71.9 Å². The Kier molecular flexibility index (Phi) is 18.2. The van der Waals surface area contributed by atoms with Crippen LogP contribution in [0, 0.1) is 0 Å². The third-order valence-corrected chi connectivity index (χ3v) is 4.41. The lowest BCUT2D eigenvalue weighted by Crippen LogP contribution is -2.06. The molecule has 0 aliphatic heterocycles. The van der Waals surface area contributed by atoms with E-state index in [1.165, 1.54) is 51.4 Å². The number of hydrogen-bond donors (Lipinski definition) is 0. The molecule has 0 radical (unpaired) electrons. The van der Waals surface area contributed by atoms with Gasteiger partial charge in [-0.15, -0.1) is 0 Å². The fourth-order valence-electron chi connectivity index (χ4n) is 2.50. The van der Waals surface area contributed by atoms with Crippen molar-refractivity contribution in [3.63, 3.8) is 0 Å². The number of ether oxygens (including phenoxy) is 1. The normalized spacial score (nSPS) is 13.6. The van der Waals surface area contributed by atoms with Gasteiger partial charge in [-0.25, -0.2) is 4.79 Å². The Balaban J connectivity index is 3.92. The summed E-state index contributed by atoms with van der Waals surface area (Å²) >= 11 is 0. The highest BCUT2D eigenvalue weighted by atomic mass is 16.5. The first-order valence-electron chi connectivity index (χ1n) is 10.8. The van der Waals surface area contributed by atoms with Gasteiger partial charge in [0.05, 0.1) is 6.61 Å². The second-order valence-electron chi connectivity index (χ2n) is 6.88. The summed E-state index contributed by atoms with van der Waals surface area (Å²) in [6.45, 7) is 8.17. The van der Waals surface area contributed by atoms with Crippen LogP contribution < -0.4 is 0 Å². The Bertz CT molecular complexity index is 571. The largest absolute Gasteiger partial charge is 0.463 e. The van der Waals surface area contributed by atoms with Crippen LogP contribution in [-0.4, -0.2) is 12.6 Å². The highest BCUT2D eigenvalue weighted by molar-refractivity contribution is 5.89. The molecule has 0 atom stereocenters. The van der Waals surface area contributed by atoms with Crippen LogP contribution in [0.15, 0.2) is 71.9 Å². The molecule has 0 unspecified atom stereocenters. The van der Waals surface area contributed by atoms with Gasteiger partial charge in [-0.3, -0.25) is 0 Å². The molecule has 0 aliphatic carbocycles. The standard InChI is InChI=1S/C26H40O2/c1-5-7-8-9-10-11-12-13-14-15-16-17-18-19-20-21-22-23-24(3)25(4)26(27)28-6-2/h14-23H,5-13H2,1-4H3. The van der Waals surface area contributed by atoms with Crippen LogP contribution in [0.3, 0.4) is 0 Å². The highest BCUT2D eigenvalue weighted by Gasteiger charge is 2.05. The quantitative estimate of drug-likeness (QED) is 0.124. The van der Waals surface area contributed by atoms with E-state index >= 15 is 0 Å². The number of carbonyl (C=O) groups excluding carboxylic acids is 1. The van der Waals surface area contributed by atoms with E-state index in [4.69, 9.17) is 4.74 Å². The van der Waals surface area contributed by atoms with Crippen LogP contribution in [0.4, 0.5) is 0 Å². The molecule has 0 N–H and O–H groups in total. The second-order valence-corrected chi connectivity index (χ2v) is 6.88. The molecule has 0 aromatic carbocycles. The number of hydrogen-bond acceptors (Lipinski definition) is 2. The average molecular weight is 385 g/mol. The number of carbonyl (C=O) groups is 1. The van der Waals surface area contributed by atoms with Gasteiger partial charge in [-0.1, -0.05) is 106 Å². The van der Waals surface area contributed by atoms with Crippen LogP contribution in [-0.2, 0) is 9.53 Å². The first kappa shape index (κ1) is 25.9. The van der Waals surface area contributed by atoms with Crippen molar-refractivity contribution >= 4 is 5.97 Å². The number of unbranched alkanes of at least 4 members (excludes halogenated alkanes) is 7. The van der Waals surface area contributed by atoms with Gasteiger partial charge in [0.1, 0.15) is 0 Å². The molecular weight excluding hydrogens is 344 g/mol. The zero-order valence-corrected chi connectivity index (χ0v) is 18.5.